The molecule has 1 aliphatic heterocycles. The second-order valence-corrected chi connectivity index (χ2v) is 9.14. The molecule has 2 aromatic rings. The molecule has 1 atom stereocenters. The van der Waals surface area contributed by atoms with Crippen LogP contribution in [-0.4, -0.2) is 62.3 Å². The lowest BCUT2D eigenvalue weighted by Crippen LogP contribution is -2.49. The van der Waals surface area contributed by atoms with Crippen LogP contribution in [0.2, 0.25) is 5.02 Å². The van der Waals surface area contributed by atoms with E-state index in [0.717, 1.165) is 19.4 Å². The van der Waals surface area contributed by atoms with Crippen LogP contribution in [0.3, 0.4) is 0 Å². The first-order valence-electron chi connectivity index (χ1n) is 10.3. The van der Waals surface area contributed by atoms with E-state index < -0.39 is 5.91 Å². The number of halogens is 1. The molecule has 0 saturated carbocycles. The summed E-state index contributed by atoms with van der Waals surface area (Å²) < 4.78 is 0. The van der Waals surface area contributed by atoms with Crippen molar-refractivity contribution in [2.24, 2.45) is 0 Å². The molecule has 1 aliphatic rings. The topological polar surface area (TPSA) is 165 Å². The summed E-state index contributed by atoms with van der Waals surface area (Å²) in [7, 11) is 0. The summed E-state index contributed by atoms with van der Waals surface area (Å²) in [4.78, 5) is 43.4. The van der Waals surface area contributed by atoms with Gasteiger partial charge in [-0.05, 0) is 19.4 Å². The average Bonchev–Trinajstić information content (AvgIpc) is 2.71. The average molecular weight is 462 g/mol. The molecule has 0 aromatic carbocycles. The van der Waals surface area contributed by atoms with Gasteiger partial charge in [-0.1, -0.05) is 32.4 Å². The third kappa shape index (κ3) is 5.80. The Hall–Kier alpha value is -3.05. The van der Waals surface area contributed by atoms with Crippen molar-refractivity contribution < 1.29 is 9.59 Å². The minimum Gasteiger partial charge on any atom is -0.394 e. The number of piperidine rings is 1. The lowest BCUT2D eigenvalue weighted by molar-refractivity contribution is -0.117. The van der Waals surface area contributed by atoms with E-state index in [0.29, 0.717) is 23.9 Å². The summed E-state index contributed by atoms with van der Waals surface area (Å²) in [5, 5.41) is 5.70. The Labute approximate surface area is 191 Å². The second-order valence-electron chi connectivity index (χ2n) is 8.76. The summed E-state index contributed by atoms with van der Waals surface area (Å²) in [6.07, 6.45) is 4.29. The monoisotopic (exact) mass is 461 g/mol. The van der Waals surface area contributed by atoms with Crippen molar-refractivity contribution in [3.63, 3.8) is 0 Å². The number of amides is 2. The third-order valence-electron chi connectivity index (χ3n) is 4.99. The largest absolute Gasteiger partial charge is 0.394 e. The molecule has 0 aliphatic carbocycles. The summed E-state index contributed by atoms with van der Waals surface area (Å²) in [6, 6.07) is -0.159. The van der Waals surface area contributed by atoms with Gasteiger partial charge in [0.1, 0.15) is 23.0 Å². The van der Waals surface area contributed by atoms with E-state index in [1.165, 1.54) is 12.5 Å². The van der Waals surface area contributed by atoms with Gasteiger partial charge in [-0.15, -0.1) is 0 Å². The lowest BCUT2D eigenvalue weighted by atomic mass is 9.96. The molecule has 32 heavy (non-hydrogen) atoms. The molecular weight excluding hydrogens is 434 g/mol. The van der Waals surface area contributed by atoms with Gasteiger partial charge >= 0.3 is 0 Å². The summed E-state index contributed by atoms with van der Waals surface area (Å²) in [6.45, 7) is 7.32. The van der Waals surface area contributed by atoms with Crippen LogP contribution in [0.5, 0.6) is 0 Å². The zero-order valence-corrected chi connectivity index (χ0v) is 19.1. The number of rotatable bonds is 5. The molecule has 3 rings (SSSR count). The van der Waals surface area contributed by atoms with E-state index in [9.17, 15) is 9.59 Å². The maximum absolute atomic E-state index is 12.6. The van der Waals surface area contributed by atoms with Crippen LogP contribution in [0, 0.1) is 0 Å². The van der Waals surface area contributed by atoms with Crippen molar-refractivity contribution in [2.45, 2.75) is 45.1 Å². The number of nitrogens with zero attached hydrogens (tertiary/aromatic N) is 5. The van der Waals surface area contributed by atoms with E-state index >= 15 is 0 Å². The number of hydrogen-bond donors (Lipinski definition) is 4. The Bertz CT molecular complexity index is 1010. The molecule has 1 fully saturated rings. The van der Waals surface area contributed by atoms with Gasteiger partial charge in [0.2, 0.25) is 5.91 Å². The van der Waals surface area contributed by atoms with Crippen molar-refractivity contribution in [1.82, 2.24) is 30.2 Å². The van der Waals surface area contributed by atoms with Crippen LogP contribution in [0.25, 0.3) is 0 Å². The molecule has 0 spiro atoms. The maximum Gasteiger partial charge on any atom is 0.271 e. The number of anilines is 3. The smallest absolute Gasteiger partial charge is 0.271 e. The molecular formula is C20H28ClN9O2. The number of likely N-dealkylation sites (tertiary alicyclic amines) is 1. The predicted molar refractivity (Wildman–Crippen MR) is 122 cm³/mol. The molecule has 2 amide bonds. The van der Waals surface area contributed by atoms with Crippen molar-refractivity contribution >= 4 is 40.7 Å². The molecule has 1 unspecified atom stereocenters. The quantitative estimate of drug-likeness (QED) is 0.511. The minimum atomic E-state index is -0.427. The summed E-state index contributed by atoms with van der Waals surface area (Å²) >= 11 is 6.04. The number of nitrogen functional groups attached to an aromatic ring is 2. The van der Waals surface area contributed by atoms with Gasteiger partial charge < -0.3 is 22.1 Å². The van der Waals surface area contributed by atoms with E-state index in [1.807, 2.05) is 25.7 Å². The van der Waals surface area contributed by atoms with Gasteiger partial charge in [0.25, 0.3) is 5.91 Å². The lowest BCUT2D eigenvalue weighted by Gasteiger charge is -2.32. The Balaban J connectivity index is 1.59. The first kappa shape index (κ1) is 23.6. The van der Waals surface area contributed by atoms with Gasteiger partial charge in [-0.3, -0.25) is 14.5 Å². The summed E-state index contributed by atoms with van der Waals surface area (Å²) in [5.74, 6) is 0.268. The van der Waals surface area contributed by atoms with Crippen LogP contribution >= 0.6 is 11.6 Å². The first-order chi connectivity index (χ1) is 15.0. The molecule has 3 heterocycles. The molecule has 0 bridgehead atoms. The van der Waals surface area contributed by atoms with E-state index in [-0.39, 0.29) is 40.4 Å². The van der Waals surface area contributed by atoms with Crippen LogP contribution in [-0.2, 0) is 10.2 Å². The number of nitrogens with one attached hydrogen (secondary N) is 2. The van der Waals surface area contributed by atoms with Gasteiger partial charge in [-0.25, -0.2) is 19.9 Å². The molecule has 0 radical (unpaired) electrons. The van der Waals surface area contributed by atoms with Crippen LogP contribution < -0.4 is 22.1 Å². The SMILES string of the molecule is CC(C)(C)c1ncc(N)c(NC(=O)CN2CCCC(NC(=O)c3ncnc(N)c3Cl)C2)n1. The Morgan fingerprint density at radius 2 is 2.00 bits per heavy atom. The highest BCUT2D eigenvalue weighted by molar-refractivity contribution is 6.35. The number of aromatic nitrogens is 4. The van der Waals surface area contributed by atoms with E-state index in [4.69, 9.17) is 23.1 Å². The number of hydrogen-bond acceptors (Lipinski definition) is 9. The highest BCUT2D eigenvalue weighted by atomic mass is 35.5. The molecule has 172 valence electrons. The second kappa shape index (κ2) is 9.61. The van der Waals surface area contributed by atoms with Crippen LogP contribution in [0.4, 0.5) is 17.3 Å². The Kier molecular flexibility index (Phi) is 7.09. The zero-order chi connectivity index (χ0) is 23.5. The van der Waals surface area contributed by atoms with Gasteiger partial charge in [0.15, 0.2) is 11.5 Å². The maximum atomic E-state index is 12.6. The van der Waals surface area contributed by atoms with E-state index in [1.54, 1.807) is 0 Å². The molecule has 6 N–H and O–H groups in total. The molecule has 11 nitrogen and oxygen atoms in total. The number of carbonyl (C=O) groups is 2. The predicted octanol–water partition coefficient (Wildman–Crippen LogP) is 1.21. The number of carbonyl (C=O) groups excluding carboxylic acids is 2. The standard InChI is InChI=1S/C20H28ClN9O2/c1-20(2,3)19-24-7-12(22)17(29-19)28-13(31)9-30-6-4-5-11(8-30)27-18(32)15-14(21)16(23)26-10-25-15/h7,10-11H,4-6,8-9,22H2,1-3H3,(H,27,32)(H2,23,25,26)(H,24,28,29,31). The van der Waals surface area contributed by atoms with Crippen molar-refractivity contribution in [3.05, 3.63) is 29.1 Å². The van der Waals surface area contributed by atoms with Gasteiger partial charge in [0, 0.05) is 18.0 Å². The molecule has 1 saturated heterocycles. The Morgan fingerprint density at radius 1 is 1.25 bits per heavy atom. The fraction of sp³-hybridized carbons (Fsp3) is 0.500. The van der Waals surface area contributed by atoms with Crippen LogP contribution in [0.15, 0.2) is 12.5 Å². The fourth-order valence-corrected chi connectivity index (χ4v) is 3.52. The third-order valence-corrected chi connectivity index (χ3v) is 5.36. The first-order valence-corrected chi connectivity index (χ1v) is 10.6. The zero-order valence-electron chi connectivity index (χ0n) is 18.4. The van der Waals surface area contributed by atoms with Crippen molar-refractivity contribution in [3.8, 4) is 0 Å². The molecule has 12 heteroatoms. The van der Waals surface area contributed by atoms with Crippen LogP contribution in [0.1, 0.15) is 49.9 Å². The van der Waals surface area contributed by atoms with E-state index in [2.05, 4.69) is 30.6 Å². The van der Waals surface area contributed by atoms with Crippen molar-refractivity contribution in [1.29, 1.82) is 0 Å². The minimum absolute atomic E-state index is 0.0223. The van der Waals surface area contributed by atoms with Gasteiger partial charge in [0.05, 0.1) is 18.4 Å². The number of nitrogens with two attached hydrogens (primary N) is 2. The highest BCUT2D eigenvalue weighted by Crippen LogP contribution is 2.23. The summed E-state index contributed by atoms with van der Waals surface area (Å²) in [5.41, 5.74) is 11.6. The fourth-order valence-electron chi connectivity index (χ4n) is 3.34. The van der Waals surface area contributed by atoms with Gasteiger partial charge in [-0.2, -0.15) is 0 Å². The highest BCUT2D eigenvalue weighted by Gasteiger charge is 2.26. The Morgan fingerprint density at radius 3 is 2.72 bits per heavy atom. The molecule has 2 aromatic heterocycles. The van der Waals surface area contributed by atoms with Crippen molar-refractivity contribution in [2.75, 3.05) is 36.4 Å². The normalized spacial score (nSPS) is 17.1.